The lowest BCUT2D eigenvalue weighted by molar-refractivity contribution is -0.145. The molecule has 0 radical (unpaired) electrons. The zero-order chi connectivity index (χ0) is 9.90. The van der Waals surface area contributed by atoms with Gasteiger partial charge in [0.1, 0.15) is 0 Å². The van der Waals surface area contributed by atoms with E-state index in [1.54, 1.807) is 0 Å². The molecule has 0 N–H and O–H groups in total. The van der Waals surface area contributed by atoms with Crippen LogP contribution < -0.4 is 0 Å². The number of hydrogen-bond acceptors (Lipinski definition) is 2. The zero-order valence-corrected chi connectivity index (χ0v) is 8.72. The molecule has 0 aromatic rings. The van der Waals surface area contributed by atoms with Crippen LogP contribution in [0.4, 0.5) is 0 Å². The van der Waals surface area contributed by atoms with E-state index in [4.69, 9.17) is 4.74 Å². The highest BCUT2D eigenvalue weighted by atomic mass is 16.5. The minimum Gasteiger partial charge on any atom is -0.465 e. The summed E-state index contributed by atoms with van der Waals surface area (Å²) in [5, 5.41) is 0. The zero-order valence-electron chi connectivity index (χ0n) is 8.72. The van der Waals surface area contributed by atoms with Crippen LogP contribution in [0, 0.1) is 5.41 Å². The predicted octanol–water partition coefficient (Wildman–Crippen LogP) is 2.69. The lowest BCUT2D eigenvalue weighted by Gasteiger charge is -2.17. The molecule has 0 amide bonds. The van der Waals surface area contributed by atoms with Crippen molar-refractivity contribution in [1.29, 1.82) is 0 Å². The summed E-state index contributed by atoms with van der Waals surface area (Å²) in [4.78, 5) is 11.3. The smallest absolute Gasteiger partial charge is 0.311 e. The second kappa shape index (κ2) is 3.95. The molecule has 1 rings (SSSR count). The lowest BCUT2D eigenvalue weighted by atomic mass is 9.84. The van der Waals surface area contributed by atoms with E-state index in [0.717, 1.165) is 19.3 Å². The standard InChI is InChI=1S/C11H18O2/c1-9(2)5-4-6-11(3)7-8-13-10(11)12/h5H,4,6-8H2,1-3H3. The molecule has 1 unspecified atom stereocenters. The van der Waals surface area contributed by atoms with Crippen LogP contribution >= 0.6 is 0 Å². The summed E-state index contributed by atoms with van der Waals surface area (Å²) in [6.45, 7) is 6.76. The first kappa shape index (κ1) is 10.3. The summed E-state index contributed by atoms with van der Waals surface area (Å²) in [6, 6.07) is 0. The Hall–Kier alpha value is -0.790. The number of ether oxygens (including phenoxy) is 1. The number of rotatable bonds is 3. The van der Waals surface area contributed by atoms with Gasteiger partial charge >= 0.3 is 5.97 Å². The first-order chi connectivity index (χ1) is 6.04. The predicted molar refractivity (Wildman–Crippen MR) is 52.3 cm³/mol. The van der Waals surface area contributed by atoms with E-state index in [-0.39, 0.29) is 11.4 Å². The molecule has 1 fully saturated rings. The normalized spacial score (nSPS) is 27.2. The van der Waals surface area contributed by atoms with E-state index in [2.05, 4.69) is 19.9 Å². The molecular weight excluding hydrogens is 164 g/mol. The van der Waals surface area contributed by atoms with Crippen LogP contribution in [0.2, 0.25) is 0 Å². The van der Waals surface area contributed by atoms with Gasteiger partial charge in [-0.3, -0.25) is 4.79 Å². The first-order valence-corrected chi connectivity index (χ1v) is 4.85. The Morgan fingerprint density at radius 3 is 2.77 bits per heavy atom. The summed E-state index contributed by atoms with van der Waals surface area (Å²) in [6.07, 6.45) is 4.95. The third kappa shape index (κ3) is 2.58. The van der Waals surface area contributed by atoms with Gasteiger partial charge in [-0.1, -0.05) is 11.6 Å². The van der Waals surface area contributed by atoms with Crippen molar-refractivity contribution in [2.75, 3.05) is 6.61 Å². The molecule has 1 aliphatic rings. The van der Waals surface area contributed by atoms with Crippen LogP contribution in [0.15, 0.2) is 11.6 Å². The van der Waals surface area contributed by atoms with Gasteiger partial charge in [-0.2, -0.15) is 0 Å². The number of carbonyl (C=O) groups excluding carboxylic acids is 1. The Kier molecular flexibility index (Phi) is 3.12. The maximum absolute atomic E-state index is 11.3. The molecule has 1 saturated heterocycles. The van der Waals surface area contributed by atoms with Crippen molar-refractivity contribution >= 4 is 5.97 Å². The molecule has 0 aromatic heterocycles. The van der Waals surface area contributed by atoms with Gasteiger partial charge in [0, 0.05) is 0 Å². The minimum atomic E-state index is -0.216. The molecule has 0 spiro atoms. The molecule has 1 aliphatic heterocycles. The van der Waals surface area contributed by atoms with E-state index in [1.165, 1.54) is 5.57 Å². The topological polar surface area (TPSA) is 26.3 Å². The molecule has 0 aromatic carbocycles. The van der Waals surface area contributed by atoms with Crippen LogP contribution in [-0.4, -0.2) is 12.6 Å². The number of carbonyl (C=O) groups is 1. The molecule has 0 aliphatic carbocycles. The van der Waals surface area contributed by atoms with Gasteiger partial charge in [0.15, 0.2) is 0 Å². The molecular formula is C11H18O2. The van der Waals surface area contributed by atoms with E-state index >= 15 is 0 Å². The van der Waals surface area contributed by atoms with Crippen LogP contribution in [0.25, 0.3) is 0 Å². The van der Waals surface area contributed by atoms with Gasteiger partial charge in [-0.15, -0.1) is 0 Å². The van der Waals surface area contributed by atoms with Crippen molar-refractivity contribution < 1.29 is 9.53 Å². The largest absolute Gasteiger partial charge is 0.465 e. The Bertz CT molecular complexity index is 226. The molecule has 0 bridgehead atoms. The first-order valence-electron chi connectivity index (χ1n) is 4.85. The van der Waals surface area contributed by atoms with Crippen molar-refractivity contribution in [3.05, 3.63) is 11.6 Å². The number of allylic oxidation sites excluding steroid dienone is 2. The summed E-state index contributed by atoms with van der Waals surface area (Å²) in [7, 11) is 0. The second-order valence-corrected chi connectivity index (χ2v) is 4.27. The number of hydrogen-bond donors (Lipinski definition) is 0. The SMILES string of the molecule is CC(C)=CCCC1(C)CCOC1=O. The quantitative estimate of drug-likeness (QED) is 0.495. The Morgan fingerprint density at radius 1 is 1.62 bits per heavy atom. The summed E-state index contributed by atoms with van der Waals surface area (Å²) in [5.41, 5.74) is 1.10. The Balaban J connectivity index is 2.43. The highest BCUT2D eigenvalue weighted by Crippen LogP contribution is 2.34. The summed E-state index contributed by atoms with van der Waals surface area (Å²) >= 11 is 0. The van der Waals surface area contributed by atoms with E-state index in [9.17, 15) is 4.79 Å². The van der Waals surface area contributed by atoms with E-state index in [0.29, 0.717) is 6.61 Å². The number of esters is 1. The van der Waals surface area contributed by atoms with Crippen LogP contribution in [0.5, 0.6) is 0 Å². The van der Waals surface area contributed by atoms with Crippen molar-refractivity contribution in [3.63, 3.8) is 0 Å². The van der Waals surface area contributed by atoms with Gasteiger partial charge in [0.05, 0.1) is 12.0 Å². The third-order valence-corrected chi connectivity index (χ3v) is 2.63. The fourth-order valence-corrected chi connectivity index (χ4v) is 1.55. The molecule has 2 nitrogen and oxygen atoms in total. The number of cyclic esters (lactones) is 1. The van der Waals surface area contributed by atoms with Gasteiger partial charge in [0.25, 0.3) is 0 Å². The Labute approximate surface area is 80.0 Å². The highest BCUT2D eigenvalue weighted by Gasteiger charge is 2.38. The van der Waals surface area contributed by atoms with Crippen LogP contribution in [0.3, 0.4) is 0 Å². The molecule has 0 saturated carbocycles. The average Bonchev–Trinajstić information content (AvgIpc) is 2.32. The van der Waals surface area contributed by atoms with Crippen LogP contribution in [0.1, 0.15) is 40.0 Å². The average molecular weight is 182 g/mol. The fraction of sp³-hybridized carbons (Fsp3) is 0.727. The van der Waals surface area contributed by atoms with Crippen molar-refractivity contribution in [3.8, 4) is 0 Å². The van der Waals surface area contributed by atoms with Gasteiger partial charge < -0.3 is 4.74 Å². The molecule has 1 atom stereocenters. The highest BCUT2D eigenvalue weighted by molar-refractivity contribution is 5.78. The summed E-state index contributed by atoms with van der Waals surface area (Å²) in [5.74, 6) is -0.0188. The van der Waals surface area contributed by atoms with Crippen molar-refractivity contribution in [2.24, 2.45) is 5.41 Å². The van der Waals surface area contributed by atoms with E-state index in [1.807, 2.05) is 6.92 Å². The fourth-order valence-electron chi connectivity index (χ4n) is 1.55. The van der Waals surface area contributed by atoms with Gasteiger partial charge in [-0.05, 0) is 40.0 Å². The van der Waals surface area contributed by atoms with E-state index < -0.39 is 0 Å². The molecule has 74 valence electrons. The third-order valence-electron chi connectivity index (χ3n) is 2.63. The van der Waals surface area contributed by atoms with Crippen molar-refractivity contribution in [1.82, 2.24) is 0 Å². The molecule has 2 heteroatoms. The molecule has 1 heterocycles. The van der Waals surface area contributed by atoms with Gasteiger partial charge in [-0.25, -0.2) is 0 Å². The van der Waals surface area contributed by atoms with Crippen molar-refractivity contribution in [2.45, 2.75) is 40.0 Å². The maximum atomic E-state index is 11.3. The monoisotopic (exact) mass is 182 g/mol. The second-order valence-electron chi connectivity index (χ2n) is 4.27. The van der Waals surface area contributed by atoms with Crippen LogP contribution in [-0.2, 0) is 9.53 Å². The lowest BCUT2D eigenvalue weighted by Crippen LogP contribution is -2.21. The molecule has 13 heavy (non-hydrogen) atoms. The minimum absolute atomic E-state index is 0.0188. The Morgan fingerprint density at radius 2 is 2.31 bits per heavy atom. The summed E-state index contributed by atoms with van der Waals surface area (Å²) < 4.78 is 4.97. The van der Waals surface area contributed by atoms with Gasteiger partial charge in [0.2, 0.25) is 0 Å². The maximum Gasteiger partial charge on any atom is 0.311 e.